The fourth-order valence-electron chi connectivity index (χ4n) is 4.17. The Bertz CT molecular complexity index is 1380. The van der Waals surface area contributed by atoms with Crippen molar-refractivity contribution in [1.82, 2.24) is 19.9 Å². The lowest BCUT2D eigenvalue weighted by Crippen LogP contribution is -2.35. The standard InChI is InChI=1S/C26H23F3N4O/c1-15-10-17(4-5-20(15)27)24-25(31-8-7-30-24)26(34)33(14-16-2-3-16)9-6-18-13-32-23-12-22(29)21(28)11-19(18)23/h4-5,7-8,10-13,16,32H,2-3,6,9,14H2,1H3. The van der Waals surface area contributed by atoms with Crippen molar-refractivity contribution in [2.75, 3.05) is 13.1 Å². The average Bonchev–Trinajstić information content (AvgIpc) is 3.58. The number of hydrogen-bond acceptors (Lipinski definition) is 3. The number of benzene rings is 2. The minimum atomic E-state index is -0.905. The molecule has 4 aromatic rings. The number of carbonyl (C=O) groups excluding carboxylic acids is 1. The molecule has 1 amide bonds. The molecule has 174 valence electrons. The zero-order valence-electron chi connectivity index (χ0n) is 18.6. The van der Waals surface area contributed by atoms with Gasteiger partial charge < -0.3 is 9.88 Å². The van der Waals surface area contributed by atoms with Gasteiger partial charge in [-0.3, -0.25) is 9.78 Å². The van der Waals surface area contributed by atoms with Crippen LogP contribution in [0.3, 0.4) is 0 Å². The number of carbonyl (C=O) groups is 1. The van der Waals surface area contributed by atoms with Gasteiger partial charge in [0.25, 0.3) is 5.91 Å². The monoisotopic (exact) mass is 464 g/mol. The highest BCUT2D eigenvalue weighted by atomic mass is 19.2. The Morgan fingerprint density at radius 1 is 1.06 bits per heavy atom. The first-order chi connectivity index (χ1) is 16.4. The lowest BCUT2D eigenvalue weighted by Gasteiger charge is -2.23. The van der Waals surface area contributed by atoms with E-state index in [0.717, 1.165) is 24.5 Å². The van der Waals surface area contributed by atoms with E-state index < -0.39 is 11.6 Å². The third kappa shape index (κ3) is 4.40. The second-order valence-corrected chi connectivity index (χ2v) is 8.79. The topological polar surface area (TPSA) is 61.9 Å². The number of rotatable bonds is 7. The van der Waals surface area contributed by atoms with E-state index in [4.69, 9.17) is 0 Å². The summed E-state index contributed by atoms with van der Waals surface area (Å²) in [6, 6.07) is 6.92. The second kappa shape index (κ2) is 8.93. The van der Waals surface area contributed by atoms with Crippen molar-refractivity contribution in [1.29, 1.82) is 0 Å². The molecule has 1 saturated carbocycles. The first-order valence-corrected chi connectivity index (χ1v) is 11.2. The predicted molar refractivity (Wildman–Crippen MR) is 123 cm³/mol. The van der Waals surface area contributed by atoms with E-state index >= 15 is 0 Å². The maximum Gasteiger partial charge on any atom is 0.274 e. The van der Waals surface area contributed by atoms with Gasteiger partial charge in [0.2, 0.25) is 0 Å². The molecular formula is C26H23F3N4O. The molecule has 0 spiro atoms. The van der Waals surface area contributed by atoms with E-state index in [1.165, 1.54) is 24.5 Å². The Morgan fingerprint density at radius 2 is 1.82 bits per heavy atom. The van der Waals surface area contributed by atoms with Crippen molar-refractivity contribution in [3.63, 3.8) is 0 Å². The number of aromatic nitrogens is 3. The second-order valence-electron chi connectivity index (χ2n) is 8.79. The number of aryl methyl sites for hydroxylation is 1. The molecule has 1 fully saturated rings. The van der Waals surface area contributed by atoms with Gasteiger partial charge >= 0.3 is 0 Å². The normalized spacial score (nSPS) is 13.4. The van der Waals surface area contributed by atoms with E-state index in [0.29, 0.717) is 53.2 Å². The number of halogens is 3. The molecule has 1 aliphatic rings. The summed E-state index contributed by atoms with van der Waals surface area (Å²) < 4.78 is 41.1. The van der Waals surface area contributed by atoms with E-state index in [2.05, 4.69) is 15.0 Å². The summed E-state index contributed by atoms with van der Waals surface area (Å²) in [6.45, 7) is 2.63. The van der Waals surface area contributed by atoms with Crippen molar-refractivity contribution in [2.24, 2.45) is 5.92 Å². The number of nitrogens with one attached hydrogen (secondary N) is 1. The highest BCUT2D eigenvalue weighted by molar-refractivity contribution is 5.98. The lowest BCUT2D eigenvalue weighted by atomic mass is 10.1. The van der Waals surface area contributed by atoms with Crippen LogP contribution in [0.5, 0.6) is 0 Å². The summed E-state index contributed by atoms with van der Waals surface area (Å²) in [7, 11) is 0. The Morgan fingerprint density at radius 3 is 2.59 bits per heavy atom. The van der Waals surface area contributed by atoms with Crippen LogP contribution in [0.1, 0.15) is 34.5 Å². The summed E-state index contributed by atoms with van der Waals surface area (Å²) >= 11 is 0. The number of fused-ring (bicyclic) bond motifs is 1. The summed E-state index contributed by atoms with van der Waals surface area (Å²) in [5.74, 6) is -1.96. The number of H-pyrrole nitrogens is 1. The molecule has 0 unspecified atom stereocenters. The fourth-order valence-corrected chi connectivity index (χ4v) is 4.17. The first-order valence-electron chi connectivity index (χ1n) is 11.2. The van der Waals surface area contributed by atoms with Crippen molar-refractivity contribution in [3.8, 4) is 11.3 Å². The third-order valence-corrected chi connectivity index (χ3v) is 6.25. The van der Waals surface area contributed by atoms with Crippen LogP contribution in [-0.2, 0) is 6.42 Å². The summed E-state index contributed by atoms with van der Waals surface area (Å²) in [5, 5.41) is 0.597. The zero-order chi connectivity index (χ0) is 23.8. The molecule has 1 N–H and O–H groups in total. The van der Waals surface area contributed by atoms with Gasteiger partial charge in [-0.25, -0.2) is 18.2 Å². The predicted octanol–water partition coefficient (Wildman–Crippen LogP) is 5.45. The molecule has 2 heterocycles. The third-order valence-electron chi connectivity index (χ3n) is 6.25. The molecule has 8 heteroatoms. The molecule has 2 aromatic carbocycles. The van der Waals surface area contributed by atoms with Crippen LogP contribution >= 0.6 is 0 Å². The summed E-state index contributed by atoms with van der Waals surface area (Å²) in [6.07, 6.45) is 7.29. The number of amides is 1. The van der Waals surface area contributed by atoms with Crippen molar-refractivity contribution >= 4 is 16.8 Å². The zero-order valence-corrected chi connectivity index (χ0v) is 18.6. The fraction of sp³-hybridized carbons (Fsp3) is 0.269. The van der Waals surface area contributed by atoms with Crippen molar-refractivity contribution in [2.45, 2.75) is 26.2 Å². The van der Waals surface area contributed by atoms with Crippen LogP contribution in [0, 0.1) is 30.3 Å². The maximum atomic E-state index is 13.8. The van der Waals surface area contributed by atoms with Crippen molar-refractivity contribution < 1.29 is 18.0 Å². The Hall–Kier alpha value is -3.68. The van der Waals surface area contributed by atoms with Gasteiger partial charge in [0.15, 0.2) is 17.3 Å². The summed E-state index contributed by atoms with van der Waals surface area (Å²) in [5.41, 5.74) is 3.00. The first kappa shape index (κ1) is 22.1. The molecule has 34 heavy (non-hydrogen) atoms. The maximum absolute atomic E-state index is 13.8. The SMILES string of the molecule is Cc1cc(-c2nccnc2C(=O)N(CCc2c[nH]c3cc(F)c(F)cc23)CC2CC2)ccc1F. The van der Waals surface area contributed by atoms with Gasteiger partial charge in [0.1, 0.15) is 11.5 Å². The molecule has 5 rings (SSSR count). The molecule has 0 bridgehead atoms. The Labute approximate surface area is 194 Å². The number of hydrogen-bond donors (Lipinski definition) is 1. The summed E-state index contributed by atoms with van der Waals surface area (Å²) in [4.78, 5) is 27.0. The number of nitrogens with zero attached hydrogens (tertiary/aromatic N) is 3. The molecular weight excluding hydrogens is 441 g/mol. The molecule has 5 nitrogen and oxygen atoms in total. The van der Waals surface area contributed by atoms with Gasteiger partial charge in [-0.05, 0) is 67.5 Å². The van der Waals surface area contributed by atoms with E-state index in [-0.39, 0.29) is 17.4 Å². The molecule has 2 aromatic heterocycles. The highest BCUT2D eigenvalue weighted by Gasteiger charge is 2.29. The van der Waals surface area contributed by atoms with Gasteiger partial charge in [-0.15, -0.1) is 0 Å². The Balaban J connectivity index is 1.43. The van der Waals surface area contributed by atoms with Crippen molar-refractivity contribution in [3.05, 3.63) is 83.2 Å². The molecule has 0 atom stereocenters. The molecule has 0 saturated heterocycles. The van der Waals surface area contributed by atoms with Gasteiger partial charge in [0.05, 0.1) is 0 Å². The molecule has 1 aliphatic carbocycles. The van der Waals surface area contributed by atoms with Crippen LogP contribution in [0.4, 0.5) is 13.2 Å². The highest BCUT2D eigenvalue weighted by Crippen LogP contribution is 2.31. The van der Waals surface area contributed by atoms with E-state index in [1.54, 1.807) is 30.2 Å². The molecule has 0 radical (unpaired) electrons. The van der Waals surface area contributed by atoms with Gasteiger partial charge in [0, 0.05) is 54.2 Å². The van der Waals surface area contributed by atoms with Crippen LogP contribution in [-0.4, -0.2) is 38.8 Å². The molecule has 0 aliphatic heterocycles. The smallest absolute Gasteiger partial charge is 0.274 e. The largest absolute Gasteiger partial charge is 0.361 e. The Kier molecular flexibility index (Phi) is 5.81. The average molecular weight is 464 g/mol. The van der Waals surface area contributed by atoms with E-state index in [1.807, 2.05) is 0 Å². The van der Waals surface area contributed by atoms with E-state index in [9.17, 15) is 18.0 Å². The van der Waals surface area contributed by atoms with Crippen LogP contribution in [0.25, 0.3) is 22.2 Å². The lowest BCUT2D eigenvalue weighted by molar-refractivity contribution is 0.0744. The van der Waals surface area contributed by atoms with Crippen LogP contribution in [0.15, 0.2) is 48.9 Å². The van der Waals surface area contributed by atoms with Crippen LogP contribution < -0.4 is 0 Å². The van der Waals surface area contributed by atoms with Gasteiger partial charge in [-0.1, -0.05) is 0 Å². The minimum absolute atomic E-state index is 0.209. The van der Waals surface area contributed by atoms with Crippen LogP contribution in [0.2, 0.25) is 0 Å². The van der Waals surface area contributed by atoms with Gasteiger partial charge in [-0.2, -0.15) is 0 Å². The number of aromatic amines is 1. The quantitative estimate of drug-likeness (QED) is 0.396. The minimum Gasteiger partial charge on any atom is -0.361 e.